The molecule has 0 radical (unpaired) electrons. The highest BCUT2D eigenvalue weighted by atomic mass is 32.2. The molecule has 0 fully saturated rings. The van der Waals surface area contributed by atoms with Crippen LogP contribution in [-0.4, -0.2) is 24.3 Å². The molecule has 0 saturated carbocycles. The maximum Gasteiger partial charge on any atom is 0.273 e. The van der Waals surface area contributed by atoms with Crippen molar-refractivity contribution in [1.29, 1.82) is 0 Å². The molecule has 0 aromatic carbocycles. The van der Waals surface area contributed by atoms with E-state index in [4.69, 9.17) is 0 Å². The molecule has 0 spiro atoms. The van der Waals surface area contributed by atoms with Crippen molar-refractivity contribution in [3.8, 4) is 5.75 Å². The van der Waals surface area contributed by atoms with E-state index in [-0.39, 0.29) is 6.04 Å². The molecule has 0 saturated heterocycles. The third-order valence-corrected chi connectivity index (χ3v) is 3.11. The van der Waals surface area contributed by atoms with Gasteiger partial charge in [0, 0.05) is 18.5 Å². The topological polar surface area (TPSA) is 76.4 Å². The van der Waals surface area contributed by atoms with Crippen LogP contribution < -0.4 is 5.56 Å². The van der Waals surface area contributed by atoms with Gasteiger partial charge in [0.1, 0.15) is 5.75 Å². The highest BCUT2D eigenvalue weighted by Crippen LogP contribution is 2.18. The standard InChI is InChI=1S/C9H13NO4S/c1-6(2)10-5-4-7(11)8(9(10)12)15(3,13)14/h4-6,11H,1-3H3. The van der Waals surface area contributed by atoms with Gasteiger partial charge in [-0.15, -0.1) is 0 Å². The Morgan fingerprint density at radius 1 is 1.40 bits per heavy atom. The fourth-order valence-electron chi connectivity index (χ4n) is 1.28. The average molecular weight is 231 g/mol. The Hall–Kier alpha value is -1.30. The fraction of sp³-hybridized carbons (Fsp3) is 0.444. The SMILES string of the molecule is CC(C)n1ccc(O)c(S(C)(=O)=O)c1=O. The van der Waals surface area contributed by atoms with E-state index < -0.39 is 26.0 Å². The van der Waals surface area contributed by atoms with E-state index >= 15 is 0 Å². The first kappa shape index (κ1) is 11.8. The first-order valence-electron chi connectivity index (χ1n) is 4.39. The summed E-state index contributed by atoms with van der Waals surface area (Å²) in [6.07, 6.45) is 2.27. The predicted octanol–water partition coefficient (Wildman–Crippen LogP) is 0.538. The van der Waals surface area contributed by atoms with Crippen LogP contribution in [0.2, 0.25) is 0 Å². The van der Waals surface area contributed by atoms with E-state index in [9.17, 15) is 18.3 Å². The zero-order chi connectivity index (χ0) is 11.8. The molecule has 0 aliphatic heterocycles. The molecular formula is C9H13NO4S. The van der Waals surface area contributed by atoms with Crippen LogP contribution in [0.4, 0.5) is 0 Å². The number of pyridine rings is 1. The molecule has 0 bridgehead atoms. The van der Waals surface area contributed by atoms with Crippen molar-refractivity contribution in [3.05, 3.63) is 22.6 Å². The lowest BCUT2D eigenvalue weighted by Crippen LogP contribution is -2.26. The second kappa shape index (κ2) is 3.69. The third kappa shape index (κ3) is 2.20. The Kier molecular flexibility index (Phi) is 2.90. The minimum absolute atomic E-state index is 0.154. The molecule has 84 valence electrons. The van der Waals surface area contributed by atoms with E-state index in [0.717, 1.165) is 6.26 Å². The van der Waals surface area contributed by atoms with Gasteiger partial charge in [0.25, 0.3) is 5.56 Å². The lowest BCUT2D eigenvalue weighted by atomic mass is 10.3. The van der Waals surface area contributed by atoms with Gasteiger partial charge in [-0.3, -0.25) is 4.79 Å². The zero-order valence-corrected chi connectivity index (χ0v) is 9.58. The Morgan fingerprint density at radius 2 is 1.93 bits per heavy atom. The Morgan fingerprint density at radius 3 is 2.33 bits per heavy atom. The number of aromatic hydroxyl groups is 1. The first-order valence-corrected chi connectivity index (χ1v) is 6.28. The van der Waals surface area contributed by atoms with Crippen molar-refractivity contribution in [2.24, 2.45) is 0 Å². The number of hydrogen-bond acceptors (Lipinski definition) is 4. The Bertz CT molecular complexity index is 528. The van der Waals surface area contributed by atoms with Gasteiger partial charge >= 0.3 is 0 Å². The van der Waals surface area contributed by atoms with E-state index in [2.05, 4.69) is 0 Å². The van der Waals surface area contributed by atoms with E-state index in [1.807, 2.05) is 0 Å². The number of nitrogens with zero attached hydrogens (tertiary/aromatic N) is 1. The molecule has 0 amide bonds. The van der Waals surface area contributed by atoms with Gasteiger partial charge in [0.05, 0.1) is 0 Å². The molecule has 5 nitrogen and oxygen atoms in total. The smallest absolute Gasteiger partial charge is 0.273 e. The van der Waals surface area contributed by atoms with E-state index in [1.54, 1.807) is 13.8 Å². The van der Waals surface area contributed by atoms with Crippen molar-refractivity contribution in [1.82, 2.24) is 4.57 Å². The first-order chi connectivity index (χ1) is 6.75. The molecule has 0 aliphatic carbocycles. The number of sulfone groups is 1. The summed E-state index contributed by atoms with van der Waals surface area (Å²) in [5.74, 6) is -0.501. The summed E-state index contributed by atoms with van der Waals surface area (Å²) < 4.78 is 23.8. The highest BCUT2D eigenvalue weighted by molar-refractivity contribution is 7.90. The molecule has 1 N–H and O–H groups in total. The van der Waals surface area contributed by atoms with E-state index in [0.29, 0.717) is 0 Å². The van der Waals surface area contributed by atoms with Crippen LogP contribution in [0.15, 0.2) is 22.0 Å². The predicted molar refractivity (Wildman–Crippen MR) is 55.9 cm³/mol. The van der Waals surface area contributed by atoms with Crippen LogP contribution in [0.3, 0.4) is 0 Å². The van der Waals surface area contributed by atoms with Gasteiger partial charge in [-0.05, 0) is 19.9 Å². The summed E-state index contributed by atoms with van der Waals surface area (Å²) in [5, 5.41) is 9.34. The normalized spacial score (nSPS) is 12.0. The zero-order valence-electron chi connectivity index (χ0n) is 8.76. The summed E-state index contributed by atoms with van der Waals surface area (Å²) in [7, 11) is -3.70. The quantitative estimate of drug-likeness (QED) is 0.805. The second-order valence-corrected chi connectivity index (χ2v) is 5.56. The minimum atomic E-state index is -3.70. The van der Waals surface area contributed by atoms with Crippen LogP contribution in [0.5, 0.6) is 5.75 Å². The van der Waals surface area contributed by atoms with Crippen LogP contribution in [0.1, 0.15) is 19.9 Å². The van der Waals surface area contributed by atoms with Crippen molar-refractivity contribution in [3.63, 3.8) is 0 Å². The summed E-state index contributed by atoms with van der Waals surface area (Å²) in [6.45, 7) is 3.51. The maximum absolute atomic E-state index is 11.7. The van der Waals surface area contributed by atoms with Crippen molar-refractivity contribution in [2.45, 2.75) is 24.8 Å². The lowest BCUT2D eigenvalue weighted by molar-refractivity contribution is 0.446. The van der Waals surface area contributed by atoms with Crippen LogP contribution in [0, 0.1) is 0 Å². The summed E-state index contributed by atoms with van der Waals surface area (Å²) in [6, 6.07) is 1.05. The van der Waals surface area contributed by atoms with Crippen molar-refractivity contribution < 1.29 is 13.5 Å². The summed E-state index contributed by atoms with van der Waals surface area (Å²) >= 11 is 0. The average Bonchev–Trinajstić information content (AvgIpc) is 2.00. The van der Waals surface area contributed by atoms with Gasteiger partial charge in [-0.1, -0.05) is 0 Å². The molecule has 1 rings (SSSR count). The number of rotatable bonds is 2. The van der Waals surface area contributed by atoms with Crippen LogP contribution in [0.25, 0.3) is 0 Å². The van der Waals surface area contributed by atoms with Crippen LogP contribution in [-0.2, 0) is 9.84 Å². The van der Waals surface area contributed by atoms with Crippen LogP contribution >= 0.6 is 0 Å². The van der Waals surface area contributed by atoms with Gasteiger partial charge < -0.3 is 9.67 Å². The molecule has 0 aliphatic rings. The molecule has 15 heavy (non-hydrogen) atoms. The van der Waals surface area contributed by atoms with Crippen molar-refractivity contribution in [2.75, 3.05) is 6.26 Å². The molecule has 0 atom stereocenters. The third-order valence-electron chi connectivity index (χ3n) is 1.98. The van der Waals surface area contributed by atoms with Gasteiger partial charge in [-0.2, -0.15) is 0 Å². The monoisotopic (exact) mass is 231 g/mol. The Labute approximate surface area is 87.9 Å². The van der Waals surface area contributed by atoms with Gasteiger partial charge in [0.2, 0.25) is 0 Å². The van der Waals surface area contributed by atoms with Gasteiger partial charge in [-0.25, -0.2) is 8.42 Å². The molecule has 1 aromatic heterocycles. The second-order valence-electron chi connectivity index (χ2n) is 3.61. The maximum atomic E-state index is 11.7. The molecular weight excluding hydrogens is 218 g/mol. The Balaban J connectivity index is 3.67. The lowest BCUT2D eigenvalue weighted by Gasteiger charge is -2.11. The van der Waals surface area contributed by atoms with Gasteiger partial charge in [0.15, 0.2) is 14.7 Å². The minimum Gasteiger partial charge on any atom is -0.506 e. The molecule has 6 heteroatoms. The number of aromatic nitrogens is 1. The molecule has 0 unspecified atom stereocenters. The number of hydrogen-bond donors (Lipinski definition) is 1. The molecule has 1 aromatic rings. The fourth-order valence-corrected chi connectivity index (χ4v) is 2.15. The highest BCUT2D eigenvalue weighted by Gasteiger charge is 2.20. The molecule has 1 heterocycles. The summed E-state index contributed by atoms with van der Waals surface area (Å²) in [5.41, 5.74) is -0.687. The van der Waals surface area contributed by atoms with Crippen molar-refractivity contribution >= 4 is 9.84 Å². The van der Waals surface area contributed by atoms with E-state index in [1.165, 1.54) is 16.8 Å². The summed E-state index contributed by atoms with van der Waals surface area (Å²) in [4.78, 5) is 11.2. The largest absolute Gasteiger partial charge is 0.506 e.